The highest BCUT2D eigenvalue weighted by molar-refractivity contribution is 5.71. The molecule has 6 nitrogen and oxygen atoms in total. The first-order valence-electron chi connectivity index (χ1n) is 33.3. The van der Waals surface area contributed by atoms with Gasteiger partial charge in [-0.1, -0.05) is 289 Å². The van der Waals surface area contributed by atoms with Gasteiger partial charge in [0.2, 0.25) is 0 Å². The van der Waals surface area contributed by atoms with Crippen LogP contribution in [-0.2, 0) is 28.6 Å². The molecular formula is C75H122O6. The summed E-state index contributed by atoms with van der Waals surface area (Å²) in [6.07, 6.45) is 97.5. The monoisotopic (exact) mass is 1120 g/mol. The number of carbonyl (C=O) groups excluding carboxylic acids is 3. The maximum atomic E-state index is 12.9. The van der Waals surface area contributed by atoms with Crippen LogP contribution in [0.5, 0.6) is 0 Å². The molecule has 0 fully saturated rings. The highest BCUT2D eigenvalue weighted by Gasteiger charge is 2.19. The number of ether oxygens (including phenoxy) is 3. The van der Waals surface area contributed by atoms with E-state index in [1.54, 1.807) is 0 Å². The van der Waals surface area contributed by atoms with E-state index in [0.717, 1.165) is 128 Å². The molecule has 0 spiro atoms. The number of rotatable bonds is 59. The smallest absolute Gasteiger partial charge is 0.306 e. The van der Waals surface area contributed by atoms with Gasteiger partial charge in [0.05, 0.1) is 0 Å². The molecule has 0 bridgehead atoms. The Balaban J connectivity index is 4.24. The quantitative estimate of drug-likeness (QED) is 0.0261. The zero-order valence-corrected chi connectivity index (χ0v) is 52.5. The molecule has 0 aromatic carbocycles. The average Bonchev–Trinajstić information content (AvgIpc) is 3.46. The van der Waals surface area contributed by atoms with Crippen molar-refractivity contribution in [3.8, 4) is 0 Å². The van der Waals surface area contributed by atoms with E-state index in [-0.39, 0.29) is 37.5 Å². The fourth-order valence-corrected chi connectivity index (χ4v) is 8.96. The van der Waals surface area contributed by atoms with Gasteiger partial charge in [-0.2, -0.15) is 0 Å². The van der Waals surface area contributed by atoms with Gasteiger partial charge in [0.1, 0.15) is 13.2 Å². The molecule has 0 aromatic heterocycles. The summed E-state index contributed by atoms with van der Waals surface area (Å²) in [7, 11) is 0. The predicted molar refractivity (Wildman–Crippen MR) is 352 cm³/mol. The molecule has 1 unspecified atom stereocenters. The summed E-state index contributed by atoms with van der Waals surface area (Å²) in [5.74, 6) is -0.999. The van der Waals surface area contributed by atoms with Crippen molar-refractivity contribution in [2.45, 2.75) is 297 Å². The summed E-state index contributed by atoms with van der Waals surface area (Å²) in [4.78, 5) is 38.3. The molecule has 0 aliphatic rings. The predicted octanol–water partition coefficient (Wildman–Crippen LogP) is 23.1. The van der Waals surface area contributed by atoms with Crippen molar-refractivity contribution in [2.75, 3.05) is 13.2 Å². The number of unbranched alkanes of at least 4 members (excludes halogenated alkanes) is 24. The van der Waals surface area contributed by atoms with Crippen LogP contribution in [0.15, 0.2) is 146 Å². The van der Waals surface area contributed by atoms with Gasteiger partial charge >= 0.3 is 17.9 Å². The van der Waals surface area contributed by atoms with Crippen molar-refractivity contribution in [2.24, 2.45) is 0 Å². The van der Waals surface area contributed by atoms with Gasteiger partial charge in [-0.15, -0.1) is 0 Å². The highest BCUT2D eigenvalue weighted by atomic mass is 16.6. The lowest BCUT2D eigenvalue weighted by atomic mass is 10.0. The summed E-state index contributed by atoms with van der Waals surface area (Å²) in [6.45, 7) is 6.23. The Morgan fingerprint density at radius 2 is 0.457 bits per heavy atom. The second-order valence-electron chi connectivity index (χ2n) is 21.6. The molecular weight excluding hydrogens is 997 g/mol. The number of esters is 3. The van der Waals surface area contributed by atoms with Crippen molar-refractivity contribution in [1.29, 1.82) is 0 Å². The Labute approximate surface area is 499 Å². The molecule has 0 radical (unpaired) electrons. The van der Waals surface area contributed by atoms with Gasteiger partial charge in [-0.25, -0.2) is 0 Å². The first-order chi connectivity index (χ1) is 40.0. The van der Waals surface area contributed by atoms with Crippen LogP contribution in [0.4, 0.5) is 0 Å². The number of allylic oxidation sites excluding steroid dienone is 24. The molecule has 0 heterocycles. The second-order valence-corrected chi connectivity index (χ2v) is 21.6. The number of carbonyl (C=O) groups is 3. The van der Waals surface area contributed by atoms with Crippen LogP contribution >= 0.6 is 0 Å². The van der Waals surface area contributed by atoms with E-state index in [2.05, 4.69) is 167 Å². The fraction of sp³-hybridized carbons (Fsp3) is 0.640. The minimum absolute atomic E-state index is 0.112. The van der Waals surface area contributed by atoms with Gasteiger partial charge in [-0.3, -0.25) is 14.4 Å². The van der Waals surface area contributed by atoms with Crippen LogP contribution in [0.1, 0.15) is 290 Å². The van der Waals surface area contributed by atoms with Crippen molar-refractivity contribution >= 4 is 17.9 Å². The standard InChI is InChI=1S/C75H122O6/c1-4-7-10-13-16-19-22-25-27-29-30-31-32-33-34-35-36-37-38-39-40-41-42-43-44-46-47-50-53-56-59-62-65-68-74(77)80-71-72(70-79-73(76)67-64-61-58-55-52-49-24-21-18-15-12-9-6-3)81-75(78)69-66-63-60-57-54-51-48-45-28-26-23-20-17-14-11-8-5-2/h7-12,16-21,25-28,30-31,48-49,51-52,57,60,72H,4-6,13-15,22-24,29,32-47,50,53-56,58-59,61-71H2,1-3H3/b10-7-,11-8-,12-9-,19-16-,20-17-,21-18-,27-25-,28-26-,31-30-,51-48-,52-49-,60-57-. The molecule has 6 heteroatoms. The zero-order valence-electron chi connectivity index (χ0n) is 52.5. The second kappa shape index (κ2) is 67.8. The molecule has 0 saturated heterocycles. The third-order valence-electron chi connectivity index (χ3n) is 13.8. The lowest BCUT2D eigenvalue weighted by Crippen LogP contribution is -2.30. The van der Waals surface area contributed by atoms with Gasteiger partial charge < -0.3 is 14.2 Å². The van der Waals surface area contributed by atoms with Crippen LogP contribution in [0.2, 0.25) is 0 Å². The van der Waals surface area contributed by atoms with E-state index in [0.29, 0.717) is 19.3 Å². The number of hydrogen-bond donors (Lipinski definition) is 0. The molecule has 1 atom stereocenters. The normalized spacial score (nSPS) is 13.1. The third-order valence-corrected chi connectivity index (χ3v) is 13.8. The van der Waals surface area contributed by atoms with E-state index in [1.165, 1.54) is 116 Å². The van der Waals surface area contributed by atoms with Crippen molar-refractivity contribution in [3.63, 3.8) is 0 Å². The van der Waals surface area contributed by atoms with E-state index in [4.69, 9.17) is 14.2 Å². The van der Waals surface area contributed by atoms with Crippen LogP contribution in [0, 0.1) is 0 Å². The highest BCUT2D eigenvalue weighted by Crippen LogP contribution is 2.16. The first-order valence-corrected chi connectivity index (χ1v) is 33.3. The summed E-state index contributed by atoms with van der Waals surface area (Å²) >= 11 is 0. The molecule has 0 aromatic rings. The third kappa shape index (κ3) is 66.0. The lowest BCUT2D eigenvalue weighted by molar-refractivity contribution is -0.167. The summed E-state index contributed by atoms with van der Waals surface area (Å²) in [5, 5.41) is 0. The minimum atomic E-state index is -0.824. The Bertz CT molecular complexity index is 1760. The Hall–Kier alpha value is -4.71. The van der Waals surface area contributed by atoms with Crippen LogP contribution in [-0.4, -0.2) is 37.2 Å². The molecule has 0 amide bonds. The van der Waals surface area contributed by atoms with E-state index in [1.807, 2.05) is 0 Å². The Kier molecular flexibility index (Phi) is 63.9. The van der Waals surface area contributed by atoms with E-state index in [9.17, 15) is 14.4 Å². The van der Waals surface area contributed by atoms with Crippen LogP contribution in [0.25, 0.3) is 0 Å². The minimum Gasteiger partial charge on any atom is -0.462 e. The summed E-state index contributed by atoms with van der Waals surface area (Å²) in [6, 6.07) is 0. The molecule has 81 heavy (non-hydrogen) atoms. The van der Waals surface area contributed by atoms with Crippen LogP contribution in [0.3, 0.4) is 0 Å². The fourth-order valence-electron chi connectivity index (χ4n) is 8.96. The topological polar surface area (TPSA) is 78.9 Å². The van der Waals surface area contributed by atoms with E-state index >= 15 is 0 Å². The lowest BCUT2D eigenvalue weighted by Gasteiger charge is -2.18. The van der Waals surface area contributed by atoms with Gasteiger partial charge in [0.25, 0.3) is 0 Å². The van der Waals surface area contributed by atoms with Gasteiger partial charge in [-0.05, 0) is 128 Å². The van der Waals surface area contributed by atoms with Gasteiger partial charge in [0.15, 0.2) is 6.10 Å². The summed E-state index contributed by atoms with van der Waals surface area (Å²) < 4.78 is 16.8. The molecule has 0 aliphatic heterocycles. The van der Waals surface area contributed by atoms with Crippen molar-refractivity contribution in [3.05, 3.63) is 146 Å². The molecule has 458 valence electrons. The molecule has 0 aliphatic carbocycles. The van der Waals surface area contributed by atoms with Crippen molar-refractivity contribution < 1.29 is 28.6 Å². The Morgan fingerprint density at radius 1 is 0.247 bits per heavy atom. The Morgan fingerprint density at radius 3 is 0.741 bits per heavy atom. The largest absolute Gasteiger partial charge is 0.462 e. The van der Waals surface area contributed by atoms with Crippen molar-refractivity contribution in [1.82, 2.24) is 0 Å². The summed E-state index contributed by atoms with van der Waals surface area (Å²) in [5.41, 5.74) is 0. The van der Waals surface area contributed by atoms with E-state index < -0.39 is 6.10 Å². The molecule has 0 rings (SSSR count). The average molecular weight is 1120 g/mol. The SMILES string of the molecule is CC/C=C\C/C=C\C/C=C\C/C=C\C/C=C\CCCC(=O)OC(COC(=O)CCCCC/C=C\C/C=C\C/C=C\CC)COC(=O)CCCCCCCCCCCCCCCCCCCCCC/C=C\C/C=C\C/C=C\C/C=C\CC. The maximum Gasteiger partial charge on any atom is 0.306 e. The zero-order chi connectivity index (χ0) is 58.5. The molecule has 0 N–H and O–H groups in total. The van der Waals surface area contributed by atoms with Gasteiger partial charge in [0, 0.05) is 19.3 Å². The number of hydrogen-bond acceptors (Lipinski definition) is 6. The molecule has 0 saturated carbocycles. The maximum absolute atomic E-state index is 12.9. The first kappa shape index (κ1) is 76.3. The van der Waals surface area contributed by atoms with Crippen LogP contribution < -0.4 is 0 Å².